The van der Waals surface area contributed by atoms with Gasteiger partial charge >= 0.3 is 0 Å². The van der Waals surface area contributed by atoms with E-state index in [-0.39, 0.29) is 18.4 Å². The Morgan fingerprint density at radius 2 is 1.79 bits per heavy atom. The molecule has 1 aromatic rings. The van der Waals surface area contributed by atoms with Gasteiger partial charge in [0, 0.05) is 31.5 Å². The fraction of sp³-hybridized carbons (Fsp3) is 0.650. The van der Waals surface area contributed by atoms with E-state index in [2.05, 4.69) is 24.3 Å². The van der Waals surface area contributed by atoms with Crippen LogP contribution in [0.15, 0.2) is 30.3 Å². The number of hydrogen-bond donors (Lipinski definition) is 1. The highest BCUT2D eigenvalue weighted by Crippen LogP contribution is 2.29. The molecule has 134 valence electrons. The number of halogens is 1. The molecule has 4 heteroatoms. The third-order valence-electron chi connectivity index (χ3n) is 5.67. The number of carbonyl (C=O) groups excluding carboxylic acids is 1. The van der Waals surface area contributed by atoms with E-state index >= 15 is 0 Å². The lowest BCUT2D eigenvalue weighted by Crippen LogP contribution is -2.32. The van der Waals surface area contributed by atoms with Crippen LogP contribution >= 0.6 is 12.4 Å². The smallest absolute Gasteiger partial charge is 0.222 e. The Morgan fingerprint density at radius 3 is 2.50 bits per heavy atom. The maximum Gasteiger partial charge on any atom is 0.222 e. The normalized spacial score (nSPS) is 24.6. The molecule has 0 radical (unpaired) electrons. The highest BCUT2D eigenvalue weighted by atomic mass is 35.5. The second-order valence-electron chi connectivity index (χ2n) is 7.38. The Bertz CT molecular complexity index is 502. The quantitative estimate of drug-likeness (QED) is 0.868. The first-order valence-corrected chi connectivity index (χ1v) is 9.32. The average molecular weight is 351 g/mol. The van der Waals surface area contributed by atoms with Gasteiger partial charge in [-0.05, 0) is 24.3 Å². The summed E-state index contributed by atoms with van der Waals surface area (Å²) >= 11 is 0. The number of nitrogens with two attached hydrogens (primary N) is 1. The van der Waals surface area contributed by atoms with Crippen LogP contribution in [0.25, 0.3) is 0 Å². The largest absolute Gasteiger partial charge is 0.340 e. The molecule has 1 aliphatic heterocycles. The molecule has 2 fully saturated rings. The summed E-state index contributed by atoms with van der Waals surface area (Å²) in [6.45, 7) is 1.50. The van der Waals surface area contributed by atoms with E-state index < -0.39 is 0 Å². The SMILES string of the molecule is Cl.N[C@@H]1CN(C(=O)CCCC2CCCCC2)C[C@H]1c1ccccc1. The number of hydrogen-bond acceptors (Lipinski definition) is 2. The third kappa shape index (κ3) is 4.97. The average Bonchev–Trinajstić information content (AvgIpc) is 2.98. The molecule has 2 aliphatic rings. The number of likely N-dealkylation sites (tertiary alicyclic amines) is 1. The van der Waals surface area contributed by atoms with Crippen LogP contribution in [0.5, 0.6) is 0 Å². The summed E-state index contributed by atoms with van der Waals surface area (Å²) in [6, 6.07) is 10.5. The van der Waals surface area contributed by atoms with Crippen molar-refractivity contribution in [3.05, 3.63) is 35.9 Å². The Labute approximate surface area is 152 Å². The minimum Gasteiger partial charge on any atom is -0.340 e. The first kappa shape index (κ1) is 19.3. The summed E-state index contributed by atoms with van der Waals surface area (Å²) in [7, 11) is 0. The summed E-state index contributed by atoms with van der Waals surface area (Å²) < 4.78 is 0. The van der Waals surface area contributed by atoms with Gasteiger partial charge in [0.25, 0.3) is 0 Å². The molecule has 0 aromatic heterocycles. The van der Waals surface area contributed by atoms with E-state index in [1.807, 2.05) is 11.0 Å². The maximum absolute atomic E-state index is 12.5. The number of benzene rings is 1. The molecule has 1 saturated heterocycles. The fourth-order valence-electron chi connectivity index (χ4n) is 4.26. The number of amides is 1. The van der Waals surface area contributed by atoms with Crippen LogP contribution in [0.3, 0.4) is 0 Å². The second-order valence-corrected chi connectivity index (χ2v) is 7.38. The van der Waals surface area contributed by atoms with Crippen LogP contribution in [0, 0.1) is 5.92 Å². The summed E-state index contributed by atoms with van der Waals surface area (Å²) in [5, 5.41) is 0. The van der Waals surface area contributed by atoms with Crippen LogP contribution in [0.1, 0.15) is 62.8 Å². The maximum atomic E-state index is 12.5. The molecule has 2 N–H and O–H groups in total. The van der Waals surface area contributed by atoms with E-state index in [9.17, 15) is 4.79 Å². The molecule has 0 unspecified atom stereocenters. The molecule has 1 aliphatic carbocycles. The highest BCUT2D eigenvalue weighted by Gasteiger charge is 2.33. The molecule has 0 bridgehead atoms. The Balaban J connectivity index is 0.00000208. The Morgan fingerprint density at radius 1 is 1.08 bits per heavy atom. The van der Waals surface area contributed by atoms with Gasteiger partial charge in [-0.15, -0.1) is 12.4 Å². The zero-order valence-electron chi connectivity index (χ0n) is 14.5. The summed E-state index contributed by atoms with van der Waals surface area (Å²) in [4.78, 5) is 14.5. The van der Waals surface area contributed by atoms with E-state index in [1.165, 1.54) is 44.1 Å². The molecule has 0 spiro atoms. The van der Waals surface area contributed by atoms with Gasteiger partial charge in [-0.3, -0.25) is 4.79 Å². The molecule has 3 nitrogen and oxygen atoms in total. The topological polar surface area (TPSA) is 46.3 Å². The van der Waals surface area contributed by atoms with E-state index in [4.69, 9.17) is 5.73 Å². The number of nitrogens with zero attached hydrogens (tertiary/aromatic N) is 1. The Kier molecular flexibility index (Phi) is 7.57. The van der Waals surface area contributed by atoms with Gasteiger partial charge in [-0.25, -0.2) is 0 Å². The minimum atomic E-state index is 0. The van der Waals surface area contributed by atoms with E-state index in [1.54, 1.807) is 0 Å². The fourth-order valence-corrected chi connectivity index (χ4v) is 4.26. The predicted molar refractivity (Wildman–Crippen MR) is 101 cm³/mol. The lowest BCUT2D eigenvalue weighted by atomic mass is 9.86. The van der Waals surface area contributed by atoms with Gasteiger partial charge in [0.1, 0.15) is 0 Å². The Hall–Kier alpha value is -1.06. The molecule has 24 heavy (non-hydrogen) atoms. The molecule has 1 amide bonds. The van der Waals surface area contributed by atoms with Crippen molar-refractivity contribution < 1.29 is 4.79 Å². The summed E-state index contributed by atoms with van der Waals surface area (Å²) in [6.07, 6.45) is 9.90. The zero-order valence-corrected chi connectivity index (χ0v) is 15.3. The molecule has 3 rings (SSSR count). The second kappa shape index (κ2) is 9.43. The van der Waals surface area contributed by atoms with Gasteiger partial charge in [0.05, 0.1) is 0 Å². The van der Waals surface area contributed by atoms with Gasteiger partial charge < -0.3 is 10.6 Å². The van der Waals surface area contributed by atoms with Crippen molar-refractivity contribution in [1.29, 1.82) is 0 Å². The van der Waals surface area contributed by atoms with Crippen molar-refractivity contribution in [3.63, 3.8) is 0 Å². The minimum absolute atomic E-state index is 0. The number of carbonyl (C=O) groups is 1. The van der Waals surface area contributed by atoms with Gasteiger partial charge in [0.15, 0.2) is 0 Å². The van der Waals surface area contributed by atoms with Crippen molar-refractivity contribution in [1.82, 2.24) is 4.90 Å². The van der Waals surface area contributed by atoms with Crippen molar-refractivity contribution >= 4 is 18.3 Å². The highest BCUT2D eigenvalue weighted by molar-refractivity contribution is 5.85. The van der Waals surface area contributed by atoms with E-state index in [0.717, 1.165) is 18.9 Å². The first-order valence-electron chi connectivity index (χ1n) is 9.32. The monoisotopic (exact) mass is 350 g/mol. The van der Waals surface area contributed by atoms with Crippen molar-refractivity contribution in [2.75, 3.05) is 13.1 Å². The molecule has 1 aromatic carbocycles. The lowest BCUT2D eigenvalue weighted by molar-refractivity contribution is -0.130. The summed E-state index contributed by atoms with van der Waals surface area (Å²) in [5.74, 6) is 1.46. The molecule has 2 atom stereocenters. The predicted octanol–water partition coefficient (Wildman–Crippen LogP) is 4.11. The van der Waals surface area contributed by atoms with Crippen LogP contribution < -0.4 is 5.73 Å². The van der Waals surface area contributed by atoms with Gasteiger partial charge in [-0.1, -0.05) is 62.4 Å². The van der Waals surface area contributed by atoms with Gasteiger partial charge in [-0.2, -0.15) is 0 Å². The van der Waals surface area contributed by atoms with Gasteiger partial charge in [0.2, 0.25) is 5.91 Å². The summed E-state index contributed by atoms with van der Waals surface area (Å²) in [5.41, 5.74) is 7.55. The zero-order chi connectivity index (χ0) is 16.1. The van der Waals surface area contributed by atoms with Crippen molar-refractivity contribution in [3.8, 4) is 0 Å². The number of rotatable bonds is 5. The molecular weight excluding hydrogens is 320 g/mol. The van der Waals surface area contributed by atoms with E-state index in [0.29, 0.717) is 24.8 Å². The van der Waals surface area contributed by atoms with Crippen molar-refractivity contribution in [2.24, 2.45) is 11.7 Å². The standard InChI is InChI=1S/C20H30N2O.ClH/c21-19-15-22(14-18(19)17-11-5-2-6-12-17)20(23)13-7-10-16-8-3-1-4-9-16;/h2,5-6,11-12,16,18-19H,1,3-4,7-10,13-15,21H2;1H/t18-,19+;/m0./s1. The van der Waals surface area contributed by atoms with Crippen LogP contribution in [0.4, 0.5) is 0 Å². The van der Waals surface area contributed by atoms with Crippen LogP contribution in [-0.4, -0.2) is 29.9 Å². The molecule has 1 saturated carbocycles. The van der Waals surface area contributed by atoms with Crippen LogP contribution in [-0.2, 0) is 4.79 Å². The molecule has 1 heterocycles. The van der Waals surface area contributed by atoms with Crippen molar-refractivity contribution in [2.45, 2.75) is 63.3 Å². The first-order chi connectivity index (χ1) is 11.2. The van der Waals surface area contributed by atoms with Crippen LogP contribution in [0.2, 0.25) is 0 Å². The molecular formula is C20H31ClN2O. The lowest BCUT2D eigenvalue weighted by Gasteiger charge is -2.22. The third-order valence-corrected chi connectivity index (χ3v) is 5.67.